The average Bonchev–Trinajstić information content (AvgIpc) is 2.47. The minimum atomic E-state index is -0.662. The van der Waals surface area contributed by atoms with E-state index >= 15 is 0 Å². The molecule has 1 aromatic rings. The van der Waals surface area contributed by atoms with Crippen molar-refractivity contribution in [2.24, 2.45) is 5.73 Å². The molecule has 1 aliphatic heterocycles. The van der Waals surface area contributed by atoms with Crippen LogP contribution in [0.3, 0.4) is 0 Å². The number of hydrogen-bond acceptors (Lipinski definition) is 5. The molecule has 0 unspecified atom stereocenters. The lowest BCUT2D eigenvalue weighted by molar-refractivity contribution is -0.0148. The molecule has 0 radical (unpaired) electrons. The highest BCUT2D eigenvalue weighted by Gasteiger charge is 2.47. The molecule has 1 fully saturated rings. The van der Waals surface area contributed by atoms with Crippen LogP contribution < -0.4 is 11.1 Å². The van der Waals surface area contributed by atoms with Crippen molar-refractivity contribution < 1.29 is 19.1 Å². The van der Waals surface area contributed by atoms with Crippen LogP contribution in [0.2, 0.25) is 0 Å². The van der Waals surface area contributed by atoms with Crippen molar-refractivity contribution in [2.75, 3.05) is 19.6 Å². The zero-order valence-corrected chi connectivity index (χ0v) is 14.4. The number of nitrogens with one attached hydrogen (secondary N) is 1. The molecule has 2 rings (SSSR count). The lowest BCUT2D eigenvalue weighted by Gasteiger charge is -2.49. The van der Waals surface area contributed by atoms with Crippen LogP contribution in [-0.4, -0.2) is 47.9 Å². The first kappa shape index (κ1) is 18.1. The molecule has 1 aromatic carbocycles. The lowest BCUT2D eigenvalue weighted by Crippen LogP contribution is -2.74. The molecule has 7 nitrogen and oxygen atoms in total. The van der Waals surface area contributed by atoms with Crippen LogP contribution in [0, 0.1) is 0 Å². The molecule has 0 atom stereocenters. The predicted octanol–water partition coefficient (Wildman–Crippen LogP) is 1.86. The van der Waals surface area contributed by atoms with Crippen molar-refractivity contribution in [3.8, 4) is 0 Å². The number of carbonyl (C=O) groups excluding carboxylic acids is 2. The van der Waals surface area contributed by atoms with E-state index in [-0.39, 0.29) is 13.2 Å². The number of benzene rings is 1. The van der Waals surface area contributed by atoms with E-state index in [4.69, 9.17) is 15.2 Å². The van der Waals surface area contributed by atoms with Gasteiger partial charge in [-0.2, -0.15) is 0 Å². The molecule has 3 N–H and O–H groups in total. The third-order valence-corrected chi connectivity index (χ3v) is 3.61. The molecule has 0 saturated carbocycles. The Morgan fingerprint density at radius 1 is 1.25 bits per heavy atom. The van der Waals surface area contributed by atoms with E-state index < -0.39 is 23.3 Å². The number of alkyl carbamates (subject to hydrolysis) is 1. The Hall–Kier alpha value is -2.28. The summed E-state index contributed by atoms with van der Waals surface area (Å²) < 4.78 is 10.5. The maximum atomic E-state index is 12.0. The van der Waals surface area contributed by atoms with Crippen LogP contribution in [0.15, 0.2) is 30.3 Å². The molecule has 1 aliphatic rings. The van der Waals surface area contributed by atoms with Crippen molar-refractivity contribution in [3.05, 3.63) is 35.9 Å². The molecule has 0 aliphatic carbocycles. The Balaban J connectivity index is 1.80. The van der Waals surface area contributed by atoms with Crippen molar-refractivity contribution in [1.29, 1.82) is 0 Å². The van der Waals surface area contributed by atoms with Gasteiger partial charge in [0.1, 0.15) is 12.2 Å². The standard InChI is InChI=1S/C17H25N3O4/c1-16(2,3)24-15(22)20-11-17(10-18,12-20)19-14(21)23-9-13-7-5-4-6-8-13/h4-8H,9-12,18H2,1-3H3,(H,19,21). The second-order valence-electron chi connectivity index (χ2n) is 7.01. The molecule has 0 bridgehead atoms. The summed E-state index contributed by atoms with van der Waals surface area (Å²) in [4.78, 5) is 25.4. The normalized spacial score (nSPS) is 16.1. The first-order valence-corrected chi connectivity index (χ1v) is 7.90. The van der Waals surface area contributed by atoms with Gasteiger partial charge in [0, 0.05) is 6.54 Å². The summed E-state index contributed by atoms with van der Waals surface area (Å²) in [6, 6.07) is 9.40. The Labute approximate surface area is 142 Å². The minimum absolute atomic E-state index is 0.184. The third kappa shape index (κ3) is 4.86. The molecular weight excluding hydrogens is 310 g/mol. The number of nitrogens with two attached hydrogens (primary N) is 1. The number of carbonyl (C=O) groups is 2. The van der Waals surface area contributed by atoms with Crippen LogP contribution in [0.4, 0.5) is 9.59 Å². The van der Waals surface area contributed by atoms with E-state index in [1.165, 1.54) is 4.90 Å². The zero-order chi connectivity index (χ0) is 17.8. The Bertz CT molecular complexity index is 577. The van der Waals surface area contributed by atoms with Crippen LogP contribution in [0.1, 0.15) is 26.3 Å². The summed E-state index contributed by atoms with van der Waals surface area (Å²) in [6.07, 6.45) is -0.959. The number of nitrogens with zero attached hydrogens (tertiary/aromatic N) is 1. The van der Waals surface area contributed by atoms with Gasteiger partial charge in [0.05, 0.1) is 18.6 Å². The number of ether oxygens (including phenoxy) is 2. The summed E-state index contributed by atoms with van der Waals surface area (Å²) in [5.74, 6) is 0. The second kappa shape index (κ2) is 7.09. The molecule has 1 heterocycles. The summed E-state index contributed by atoms with van der Waals surface area (Å²) in [6.45, 7) is 6.42. The number of rotatable bonds is 4. The Morgan fingerprint density at radius 3 is 2.42 bits per heavy atom. The minimum Gasteiger partial charge on any atom is -0.445 e. The zero-order valence-electron chi connectivity index (χ0n) is 14.4. The van der Waals surface area contributed by atoms with Gasteiger partial charge >= 0.3 is 12.2 Å². The van der Waals surface area contributed by atoms with E-state index in [9.17, 15) is 9.59 Å². The third-order valence-electron chi connectivity index (χ3n) is 3.61. The smallest absolute Gasteiger partial charge is 0.410 e. The van der Waals surface area contributed by atoms with Crippen LogP contribution in [0.5, 0.6) is 0 Å². The molecule has 1 saturated heterocycles. The largest absolute Gasteiger partial charge is 0.445 e. The summed E-state index contributed by atoms with van der Waals surface area (Å²) in [5, 5.41) is 2.76. The maximum Gasteiger partial charge on any atom is 0.410 e. The quantitative estimate of drug-likeness (QED) is 0.876. The maximum absolute atomic E-state index is 12.0. The Kier molecular flexibility index (Phi) is 5.33. The molecule has 132 valence electrons. The van der Waals surface area contributed by atoms with Crippen LogP contribution in [-0.2, 0) is 16.1 Å². The van der Waals surface area contributed by atoms with Gasteiger partial charge in [-0.05, 0) is 26.3 Å². The van der Waals surface area contributed by atoms with Crippen LogP contribution in [0.25, 0.3) is 0 Å². The van der Waals surface area contributed by atoms with Gasteiger partial charge in [-0.25, -0.2) is 9.59 Å². The van der Waals surface area contributed by atoms with E-state index in [1.807, 2.05) is 30.3 Å². The first-order valence-electron chi connectivity index (χ1n) is 7.90. The van der Waals surface area contributed by atoms with Crippen molar-refractivity contribution in [2.45, 2.75) is 38.5 Å². The molecule has 0 aromatic heterocycles. The SMILES string of the molecule is CC(C)(C)OC(=O)N1CC(CN)(NC(=O)OCc2ccccc2)C1. The second-order valence-corrected chi connectivity index (χ2v) is 7.01. The molecular formula is C17H25N3O4. The van der Waals surface area contributed by atoms with Gasteiger partial charge in [-0.1, -0.05) is 30.3 Å². The molecule has 0 spiro atoms. The molecule has 7 heteroatoms. The van der Waals surface area contributed by atoms with Crippen LogP contribution >= 0.6 is 0 Å². The molecule has 24 heavy (non-hydrogen) atoms. The number of likely N-dealkylation sites (tertiary alicyclic amines) is 1. The van der Waals surface area contributed by atoms with E-state index in [0.29, 0.717) is 13.1 Å². The highest BCUT2D eigenvalue weighted by atomic mass is 16.6. The van der Waals surface area contributed by atoms with E-state index in [2.05, 4.69) is 5.32 Å². The van der Waals surface area contributed by atoms with Gasteiger partial charge in [-0.15, -0.1) is 0 Å². The average molecular weight is 335 g/mol. The van der Waals surface area contributed by atoms with E-state index in [0.717, 1.165) is 5.56 Å². The fourth-order valence-corrected chi connectivity index (χ4v) is 2.37. The van der Waals surface area contributed by atoms with Gasteiger partial charge in [0.15, 0.2) is 0 Å². The predicted molar refractivity (Wildman–Crippen MR) is 89.4 cm³/mol. The summed E-state index contributed by atoms with van der Waals surface area (Å²) in [7, 11) is 0. The van der Waals surface area contributed by atoms with Gasteiger partial charge in [0.2, 0.25) is 0 Å². The molecule has 2 amide bonds. The Morgan fingerprint density at radius 2 is 1.88 bits per heavy atom. The highest BCUT2D eigenvalue weighted by Crippen LogP contribution is 2.23. The highest BCUT2D eigenvalue weighted by molar-refractivity contribution is 5.72. The summed E-state index contributed by atoms with van der Waals surface area (Å²) >= 11 is 0. The summed E-state index contributed by atoms with van der Waals surface area (Å²) in [5.41, 5.74) is 5.45. The first-order chi connectivity index (χ1) is 11.2. The van der Waals surface area contributed by atoms with Gasteiger partial charge in [-0.3, -0.25) is 0 Å². The fraction of sp³-hybridized carbons (Fsp3) is 0.529. The van der Waals surface area contributed by atoms with Gasteiger partial charge < -0.3 is 25.4 Å². The van der Waals surface area contributed by atoms with Gasteiger partial charge in [0.25, 0.3) is 0 Å². The topological polar surface area (TPSA) is 93.9 Å². The van der Waals surface area contributed by atoms with Crippen molar-refractivity contribution >= 4 is 12.2 Å². The number of hydrogen-bond donors (Lipinski definition) is 2. The van der Waals surface area contributed by atoms with Crippen molar-refractivity contribution in [3.63, 3.8) is 0 Å². The van der Waals surface area contributed by atoms with E-state index in [1.54, 1.807) is 20.8 Å². The van der Waals surface area contributed by atoms with Crippen molar-refractivity contribution in [1.82, 2.24) is 10.2 Å². The lowest BCUT2D eigenvalue weighted by atomic mass is 9.90. The number of amides is 2. The monoisotopic (exact) mass is 335 g/mol. The fourth-order valence-electron chi connectivity index (χ4n) is 2.37.